The van der Waals surface area contributed by atoms with Gasteiger partial charge in [0.2, 0.25) is 5.88 Å². The predicted octanol–water partition coefficient (Wildman–Crippen LogP) is 3.33. The van der Waals surface area contributed by atoms with E-state index in [1.807, 2.05) is 46.8 Å². The van der Waals surface area contributed by atoms with Crippen molar-refractivity contribution in [2.24, 2.45) is 0 Å². The quantitative estimate of drug-likeness (QED) is 0.925. The molecule has 0 spiro atoms. The fourth-order valence-corrected chi connectivity index (χ4v) is 1.85. The van der Waals surface area contributed by atoms with Crippen molar-refractivity contribution < 1.29 is 4.74 Å². The van der Waals surface area contributed by atoms with E-state index in [2.05, 4.69) is 20.3 Å². The van der Waals surface area contributed by atoms with Gasteiger partial charge in [0.05, 0.1) is 23.0 Å². The van der Waals surface area contributed by atoms with Crippen LogP contribution in [0.25, 0.3) is 0 Å². The minimum atomic E-state index is 0.0826. The third kappa shape index (κ3) is 3.23. The summed E-state index contributed by atoms with van der Waals surface area (Å²) in [6, 6.07) is 3.97. The average molecular weight is 272 g/mol. The van der Waals surface area contributed by atoms with Gasteiger partial charge in [0.25, 0.3) is 0 Å². The van der Waals surface area contributed by atoms with E-state index in [-0.39, 0.29) is 6.10 Å². The van der Waals surface area contributed by atoms with E-state index in [0.717, 1.165) is 28.5 Å². The predicted molar refractivity (Wildman–Crippen MR) is 79.5 cm³/mol. The summed E-state index contributed by atoms with van der Waals surface area (Å²) in [5.74, 6) is 1.35. The second kappa shape index (κ2) is 5.86. The van der Waals surface area contributed by atoms with Crippen molar-refractivity contribution in [1.82, 2.24) is 15.0 Å². The molecule has 0 radical (unpaired) electrons. The molecule has 20 heavy (non-hydrogen) atoms. The summed E-state index contributed by atoms with van der Waals surface area (Å²) in [6.45, 7) is 9.83. The van der Waals surface area contributed by atoms with E-state index in [1.54, 1.807) is 0 Å². The van der Waals surface area contributed by atoms with E-state index in [9.17, 15) is 0 Å². The molecule has 2 rings (SSSR count). The van der Waals surface area contributed by atoms with Crippen molar-refractivity contribution >= 4 is 11.5 Å². The minimum absolute atomic E-state index is 0.0826. The van der Waals surface area contributed by atoms with Crippen LogP contribution in [0.5, 0.6) is 5.88 Å². The van der Waals surface area contributed by atoms with Gasteiger partial charge in [-0.1, -0.05) is 0 Å². The Morgan fingerprint density at radius 3 is 2.50 bits per heavy atom. The van der Waals surface area contributed by atoms with Gasteiger partial charge in [-0.05, 0) is 46.8 Å². The number of aromatic nitrogens is 3. The molecule has 2 aromatic rings. The molecule has 0 saturated heterocycles. The van der Waals surface area contributed by atoms with Gasteiger partial charge in [0.15, 0.2) is 0 Å². The molecule has 106 valence electrons. The molecule has 0 unspecified atom stereocenters. The molecule has 0 atom stereocenters. The highest BCUT2D eigenvalue weighted by molar-refractivity contribution is 5.62. The zero-order valence-electron chi connectivity index (χ0n) is 12.6. The Morgan fingerprint density at radius 2 is 1.85 bits per heavy atom. The van der Waals surface area contributed by atoms with E-state index in [0.29, 0.717) is 5.88 Å². The Balaban J connectivity index is 2.29. The number of pyridine rings is 1. The molecular formula is C15H20N4O. The number of nitrogens with zero attached hydrogens (tertiary/aromatic N) is 3. The molecule has 0 aliphatic carbocycles. The van der Waals surface area contributed by atoms with Crippen LogP contribution in [-0.2, 0) is 0 Å². The molecule has 0 amide bonds. The maximum absolute atomic E-state index is 5.67. The average Bonchev–Trinajstić information content (AvgIpc) is 2.36. The lowest BCUT2D eigenvalue weighted by atomic mass is 10.2. The number of rotatable bonds is 4. The van der Waals surface area contributed by atoms with Crippen molar-refractivity contribution in [3.05, 3.63) is 35.4 Å². The van der Waals surface area contributed by atoms with E-state index < -0.39 is 0 Å². The number of nitrogens with one attached hydrogen (secondary N) is 1. The Morgan fingerprint density at radius 1 is 1.10 bits per heavy atom. The highest BCUT2D eigenvalue weighted by atomic mass is 16.5. The third-order valence-electron chi connectivity index (χ3n) is 2.86. The number of anilines is 2. The zero-order valence-corrected chi connectivity index (χ0v) is 12.6. The molecule has 0 bridgehead atoms. The van der Waals surface area contributed by atoms with Crippen LogP contribution in [0, 0.1) is 20.8 Å². The topological polar surface area (TPSA) is 59.9 Å². The van der Waals surface area contributed by atoms with Gasteiger partial charge in [-0.25, -0.2) is 9.97 Å². The van der Waals surface area contributed by atoms with Gasteiger partial charge in [-0.15, -0.1) is 0 Å². The standard InChI is InChI=1S/C15H20N4O/c1-9(2)20-15-11(4)14(16-8-17-15)19-13-7-6-10(3)18-12(13)5/h6-9H,1-5H3,(H,16,17,19). The number of hydrogen-bond donors (Lipinski definition) is 1. The second-order valence-corrected chi connectivity index (χ2v) is 5.03. The maximum Gasteiger partial charge on any atom is 0.221 e. The Labute approximate surface area is 119 Å². The Kier molecular flexibility index (Phi) is 4.17. The first-order valence-electron chi connectivity index (χ1n) is 6.67. The molecule has 0 fully saturated rings. The zero-order chi connectivity index (χ0) is 14.7. The van der Waals surface area contributed by atoms with Crippen LogP contribution in [0.15, 0.2) is 18.5 Å². The molecular weight excluding hydrogens is 252 g/mol. The summed E-state index contributed by atoms with van der Waals surface area (Å²) < 4.78 is 5.67. The van der Waals surface area contributed by atoms with E-state index >= 15 is 0 Å². The first-order chi connectivity index (χ1) is 9.47. The van der Waals surface area contributed by atoms with Crippen LogP contribution >= 0.6 is 0 Å². The van der Waals surface area contributed by atoms with Crippen molar-refractivity contribution in [2.75, 3.05) is 5.32 Å². The van der Waals surface area contributed by atoms with E-state index in [1.165, 1.54) is 6.33 Å². The van der Waals surface area contributed by atoms with Gasteiger partial charge < -0.3 is 10.1 Å². The summed E-state index contributed by atoms with van der Waals surface area (Å²) in [7, 11) is 0. The molecule has 0 aromatic carbocycles. The molecule has 0 aliphatic heterocycles. The lowest BCUT2D eigenvalue weighted by Gasteiger charge is -2.15. The van der Waals surface area contributed by atoms with Crippen LogP contribution in [-0.4, -0.2) is 21.1 Å². The van der Waals surface area contributed by atoms with Crippen molar-refractivity contribution in [3.63, 3.8) is 0 Å². The van der Waals surface area contributed by atoms with Crippen molar-refractivity contribution in [3.8, 4) is 5.88 Å². The Hall–Kier alpha value is -2.17. The summed E-state index contributed by atoms with van der Waals surface area (Å²) in [6.07, 6.45) is 1.59. The Bertz CT molecular complexity index is 611. The summed E-state index contributed by atoms with van der Waals surface area (Å²) in [5, 5.41) is 3.29. The van der Waals surface area contributed by atoms with Gasteiger partial charge in [0, 0.05) is 5.69 Å². The number of aryl methyl sites for hydroxylation is 2. The summed E-state index contributed by atoms with van der Waals surface area (Å²) in [4.78, 5) is 12.9. The molecule has 2 heterocycles. The SMILES string of the molecule is Cc1ccc(Nc2ncnc(OC(C)C)c2C)c(C)n1. The van der Waals surface area contributed by atoms with Crippen LogP contribution in [0.4, 0.5) is 11.5 Å². The molecule has 5 nitrogen and oxygen atoms in total. The first kappa shape index (κ1) is 14.2. The molecule has 0 saturated carbocycles. The van der Waals surface area contributed by atoms with Crippen LogP contribution in [0.3, 0.4) is 0 Å². The van der Waals surface area contributed by atoms with Gasteiger partial charge >= 0.3 is 0 Å². The van der Waals surface area contributed by atoms with Crippen molar-refractivity contribution in [1.29, 1.82) is 0 Å². The fourth-order valence-electron chi connectivity index (χ4n) is 1.85. The van der Waals surface area contributed by atoms with Crippen LogP contribution < -0.4 is 10.1 Å². The van der Waals surface area contributed by atoms with Crippen LogP contribution in [0.2, 0.25) is 0 Å². The molecule has 0 aliphatic rings. The normalized spacial score (nSPS) is 10.7. The summed E-state index contributed by atoms with van der Waals surface area (Å²) >= 11 is 0. The highest BCUT2D eigenvalue weighted by Gasteiger charge is 2.11. The first-order valence-corrected chi connectivity index (χ1v) is 6.67. The monoisotopic (exact) mass is 272 g/mol. The number of hydrogen-bond acceptors (Lipinski definition) is 5. The molecule has 2 aromatic heterocycles. The van der Waals surface area contributed by atoms with Gasteiger partial charge in [-0.2, -0.15) is 0 Å². The third-order valence-corrected chi connectivity index (χ3v) is 2.86. The van der Waals surface area contributed by atoms with E-state index in [4.69, 9.17) is 4.74 Å². The highest BCUT2D eigenvalue weighted by Crippen LogP contribution is 2.25. The lowest BCUT2D eigenvalue weighted by Crippen LogP contribution is -2.10. The molecule has 5 heteroatoms. The lowest BCUT2D eigenvalue weighted by molar-refractivity contribution is 0.230. The van der Waals surface area contributed by atoms with Gasteiger partial charge in [0.1, 0.15) is 12.1 Å². The summed E-state index contributed by atoms with van der Waals surface area (Å²) in [5.41, 5.74) is 3.76. The maximum atomic E-state index is 5.67. The van der Waals surface area contributed by atoms with Crippen molar-refractivity contribution in [2.45, 2.75) is 40.7 Å². The fraction of sp³-hybridized carbons (Fsp3) is 0.400. The minimum Gasteiger partial charge on any atom is -0.475 e. The largest absolute Gasteiger partial charge is 0.475 e. The smallest absolute Gasteiger partial charge is 0.221 e. The number of ether oxygens (including phenoxy) is 1. The second-order valence-electron chi connectivity index (χ2n) is 5.03. The van der Waals surface area contributed by atoms with Crippen LogP contribution in [0.1, 0.15) is 30.8 Å². The van der Waals surface area contributed by atoms with Gasteiger partial charge in [-0.3, -0.25) is 4.98 Å². The molecule has 1 N–H and O–H groups in total.